The van der Waals surface area contributed by atoms with Crippen LogP contribution in [0.25, 0.3) is 10.8 Å². The van der Waals surface area contributed by atoms with Crippen LogP contribution in [0.15, 0.2) is 46.9 Å². The summed E-state index contributed by atoms with van der Waals surface area (Å²) < 4.78 is 6.78. The smallest absolute Gasteiger partial charge is 0.225 e. The zero-order chi connectivity index (χ0) is 14.1. The Morgan fingerprint density at radius 3 is 2.55 bits per heavy atom. The molecule has 100 valence electrons. The molecule has 1 heterocycles. The fourth-order valence-electron chi connectivity index (χ4n) is 1.94. The molecule has 0 aliphatic rings. The van der Waals surface area contributed by atoms with Crippen LogP contribution in [-0.2, 0) is 0 Å². The molecule has 0 spiro atoms. The van der Waals surface area contributed by atoms with Gasteiger partial charge in [0.2, 0.25) is 11.2 Å². The number of ether oxygens (including phenoxy) is 1. The first kappa shape index (κ1) is 13.3. The van der Waals surface area contributed by atoms with Gasteiger partial charge < -0.3 is 4.74 Å². The minimum absolute atomic E-state index is 0.185. The Bertz CT molecular complexity index is 772. The van der Waals surface area contributed by atoms with Crippen LogP contribution in [0.1, 0.15) is 5.69 Å². The highest BCUT2D eigenvalue weighted by Gasteiger charge is 2.04. The van der Waals surface area contributed by atoms with Crippen LogP contribution in [0.4, 0.5) is 0 Å². The van der Waals surface area contributed by atoms with E-state index in [1.54, 1.807) is 6.07 Å². The second kappa shape index (κ2) is 5.38. The number of fused-ring (bicyclic) bond motifs is 1. The largest absolute Gasteiger partial charge is 0.439 e. The summed E-state index contributed by atoms with van der Waals surface area (Å²) in [6, 6.07) is 13.7. The van der Waals surface area contributed by atoms with Crippen molar-refractivity contribution in [3.63, 3.8) is 0 Å². The molecule has 3 rings (SSSR count). The van der Waals surface area contributed by atoms with Gasteiger partial charge in [-0.3, -0.25) is 0 Å². The van der Waals surface area contributed by atoms with Crippen LogP contribution in [0.3, 0.4) is 0 Å². The first-order valence-corrected chi connectivity index (χ1v) is 7.16. The van der Waals surface area contributed by atoms with Gasteiger partial charge in [-0.2, -0.15) is 4.98 Å². The second-order valence-corrected chi connectivity index (χ2v) is 5.63. The van der Waals surface area contributed by atoms with Crippen LogP contribution in [0, 0.1) is 6.92 Å². The normalized spacial score (nSPS) is 10.8. The molecule has 0 N–H and O–H groups in total. The number of halogens is 2. The molecule has 20 heavy (non-hydrogen) atoms. The highest BCUT2D eigenvalue weighted by molar-refractivity contribution is 9.10. The summed E-state index contributed by atoms with van der Waals surface area (Å²) in [6.45, 7) is 1.85. The second-order valence-electron chi connectivity index (χ2n) is 4.37. The van der Waals surface area contributed by atoms with Gasteiger partial charge in [-0.25, -0.2) is 4.98 Å². The van der Waals surface area contributed by atoms with Crippen LogP contribution in [-0.4, -0.2) is 9.97 Å². The molecule has 5 heteroatoms. The first-order chi connectivity index (χ1) is 9.60. The first-order valence-electron chi connectivity index (χ1n) is 5.98. The van der Waals surface area contributed by atoms with Crippen molar-refractivity contribution in [1.29, 1.82) is 0 Å². The fourth-order valence-corrected chi connectivity index (χ4v) is 2.53. The maximum absolute atomic E-state index is 5.82. The van der Waals surface area contributed by atoms with Gasteiger partial charge >= 0.3 is 0 Å². The molecule has 3 nitrogen and oxygen atoms in total. The Morgan fingerprint density at radius 2 is 1.75 bits per heavy atom. The van der Waals surface area contributed by atoms with Crippen LogP contribution < -0.4 is 4.74 Å². The number of nitrogens with zero attached hydrogens (tertiary/aromatic N) is 2. The molecule has 0 saturated heterocycles. The number of aromatic nitrogens is 2. The highest BCUT2D eigenvalue weighted by atomic mass is 79.9. The molecule has 1 aromatic heterocycles. The monoisotopic (exact) mass is 348 g/mol. The Balaban J connectivity index is 1.96. The summed E-state index contributed by atoms with van der Waals surface area (Å²) >= 11 is 9.28. The Hall–Kier alpha value is -1.65. The molecule has 0 unspecified atom stereocenters. The third kappa shape index (κ3) is 2.92. The van der Waals surface area contributed by atoms with Crippen molar-refractivity contribution in [2.45, 2.75) is 6.92 Å². The minimum atomic E-state index is 0.185. The van der Waals surface area contributed by atoms with Gasteiger partial charge in [0.05, 0.1) is 0 Å². The van der Waals surface area contributed by atoms with Gasteiger partial charge in [-0.05, 0) is 53.6 Å². The van der Waals surface area contributed by atoms with Crippen LogP contribution >= 0.6 is 27.5 Å². The Morgan fingerprint density at radius 1 is 1.00 bits per heavy atom. The van der Waals surface area contributed by atoms with Crippen molar-refractivity contribution in [3.05, 3.63) is 57.9 Å². The van der Waals surface area contributed by atoms with E-state index >= 15 is 0 Å². The van der Waals surface area contributed by atoms with E-state index in [0.29, 0.717) is 11.6 Å². The summed E-state index contributed by atoms with van der Waals surface area (Å²) in [5.74, 6) is 1.16. The Labute approximate surface area is 129 Å². The van der Waals surface area contributed by atoms with Gasteiger partial charge in [-0.15, -0.1) is 0 Å². The van der Waals surface area contributed by atoms with E-state index in [1.165, 1.54) is 0 Å². The van der Waals surface area contributed by atoms with Gasteiger partial charge in [0, 0.05) is 16.2 Å². The molecular weight excluding hydrogens is 340 g/mol. The number of benzene rings is 2. The molecule has 0 aliphatic carbocycles. The van der Waals surface area contributed by atoms with Gasteiger partial charge in [0.25, 0.3) is 0 Å². The van der Waals surface area contributed by atoms with Crippen molar-refractivity contribution >= 4 is 38.3 Å². The molecule has 0 saturated carbocycles. The van der Waals surface area contributed by atoms with Crippen molar-refractivity contribution < 1.29 is 4.74 Å². The number of hydrogen-bond acceptors (Lipinski definition) is 3. The summed E-state index contributed by atoms with van der Waals surface area (Å²) in [7, 11) is 0. The lowest BCUT2D eigenvalue weighted by atomic mass is 10.1. The van der Waals surface area contributed by atoms with E-state index in [0.717, 1.165) is 20.9 Å². The third-order valence-electron chi connectivity index (χ3n) is 2.80. The molecular formula is C15H10BrClN2O. The zero-order valence-corrected chi connectivity index (χ0v) is 12.9. The van der Waals surface area contributed by atoms with Crippen LogP contribution in [0.5, 0.6) is 11.6 Å². The van der Waals surface area contributed by atoms with Crippen molar-refractivity contribution in [2.24, 2.45) is 0 Å². The summed E-state index contributed by atoms with van der Waals surface area (Å²) in [5, 5.41) is 2.43. The zero-order valence-electron chi connectivity index (χ0n) is 10.6. The number of rotatable bonds is 2. The van der Waals surface area contributed by atoms with Crippen molar-refractivity contribution in [2.75, 3.05) is 0 Å². The minimum Gasteiger partial charge on any atom is -0.439 e. The van der Waals surface area contributed by atoms with Gasteiger partial charge in [0.15, 0.2) is 0 Å². The van der Waals surface area contributed by atoms with E-state index in [2.05, 4.69) is 32.0 Å². The average molecular weight is 350 g/mol. The SMILES string of the molecule is Cc1cc(Oc2ccc3cc(Br)ccc3c2)nc(Cl)n1. The maximum atomic E-state index is 5.82. The lowest BCUT2D eigenvalue weighted by Gasteiger charge is -2.07. The summed E-state index contributed by atoms with van der Waals surface area (Å²) in [4.78, 5) is 8.05. The molecule has 3 aromatic rings. The maximum Gasteiger partial charge on any atom is 0.225 e. The van der Waals surface area contributed by atoms with Crippen LogP contribution in [0.2, 0.25) is 5.28 Å². The molecule has 0 radical (unpaired) electrons. The summed E-state index contributed by atoms with van der Waals surface area (Å²) in [6.07, 6.45) is 0. The average Bonchev–Trinajstić information content (AvgIpc) is 2.38. The predicted octanol–water partition coefficient (Wildman–Crippen LogP) is 5.15. The van der Waals surface area contributed by atoms with Gasteiger partial charge in [0.1, 0.15) is 5.75 Å². The summed E-state index contributed by atoms with van der Waals surface area (Å²) in [5.41, 5.74) is 0.768. The van der Waals surface area contributed by atoms with Crippen molar-refractivity contribution in [3.8, 4) is 11.6 Å². The number of hydrogen-bond donors (Lipinski definition) is 0. The number of aryl methyl sites for hydroxylation is 1. The predicted molar refractivity (Wildman–Crippen MR) is 83.5 cm³/mol. The fraction of sp³-hybridized carbons (Fsp3) is 0.0667. The molecule has 2 aromatic carbocycles. The third-order valence-corrected chi connectivity index (χ3v) is 3.46. The molecule has 0 aliphatic heterocycles. The quantitative estimate of drug-likeness (QED) is 0.600. The lowest BCUT2D eigenvalue weighted by molar-refractivity contribution is 0.461. The van der Waals surface area contributed by atoms with Crippen molar-refractivity contribution in [1.82, 2.24) is 9.97 Å². The van der Waals surface area contributed by atoms with E-state index in [-0.39, 0.29) is 5.28 Å². The molecule has 0 bridgehead atoms. The van der Waals surface area contributed by atoms with Gasteiger partial charge in [-0.1, -0.05) is 28.1 Å². The van der Waals surface area contributed by atoms with E-state index < -0.39 is 0 Å². The topological polar surface area (TPSA) is 35.0 Å². The standard InChI is InChI=1S/C15H10BrClN2O/c1-9-6-14(19-15(17)18-9)20-13-5-3-10-7-12(16)4-2-11(10)8-13/h2-8H,1H3. The van der Waals surface area contributed by atoms with E-state index in [9.17, 15) is 0 Å². The van der Waals surface area contributed by atoms with E-state index in [1.807, 2.05) is 37.3 Å². The Kier molecular flexibility index (Phi) is 3.59. The molecule has 0 fully saturated rings. The highest BCUT2D eigenvalue weighted by Crippen LogP contribution is 2.27. The lowest BCUT2D eigenvalue weighted by Crippen LogP contribution is -1.92. The van der Waals surface area contributed by atoms with E-state index in [4.69, 9.17) is 16.3 Å². The molecule has 0 atom stereocenters. The molecule has 0 amide bonds.